The molecule has 2 amide bonds. The Morgan fingerprint density at radius 2 is 1.67 bits per heavy atom. The third-order valence-electron chi connectivity index (χ3n) is 7.35. The topological polar surface area (TPSA) is 54.0 Å². The summed E-state index contributed by atoms with van der Waals surface area (Å²) in [6, 6.07) is 14.4. The largest absolute Gasteiger partial charge is 0.332 e. The van der Waals surface area contributed by atoms with Gasteiger partial charge in [-0.2, -0.15) is 0 Å². The summed E-state index contributed by atoms with van der Waals surface area (Å²) >= 11 is 1.71. The Morgan fingerprint density at radius 1 is 1.00 bits per heavy atom. The summed E-state index contributed by atoms with van der Waals surface area (Å²) in [4.78, 5) is 17.5. The van der Waals surface area contributed by atoms with Gasteiger partial charge in [-0.1, -0.05) is 6.07 Å². The van der Waals surface area contributed by atoms with E-state index in [-0.39, 0.29) is 11.6 Å². The lowest BCUT2D eigenvalue weighted by molar-refractivity contribution is -0.0127. The van der Waals surface area contributed by atoms with Crippen LogP contribution in [0.1, 0.15) is 44.1 Å². The van der Waals surface area contributed by atoms with Crippen molar-refractivity contribution in [3.8, 4) is 10.6 Å². The summed E-state index contributed by atoms with van der Waals surface area (Å²) in [6.45, 7) is 2.10. The van der Waals surface area contributed by atoms with Crippen LogP contribution >= 0.6 is 11.3 Å². The van der Waals surface area contributed by atoms with Gasteiger partial charge in [-0.3, -0.25) is 0 Å². The number of carbonyl (C=O) groups is 1. The number of aromatic nitrogens is 1. The molecule has 4 aliphatic carbocycles. The number of benzene rings is 2. The number of fused-ring (bicyclic) bond motifs is 1. The zero-order valence-electron chi connectivity index (χ0n) is 17.3. The van der Waals surface area contributed by atoms with Crippen molar-refractivity contribution < 1.29 is 4.79 Å². The number of amides is 2. The van der Waals surface area contributed by atoms with Crippen molar-refractivity contribution in [1.29, 1.82) is 0 Å². The molecule has 0 radical (unpaired) electrons. The van der Waals surface area contributed by atoms with Gasteiger partial charge in [0.05, 0.1) is 10.2 Å². The van der Waals surface area contributed by atoms with Gasteiger partial charge < -0.3 is 10.6 Å². The van der Waals surface area contributed by atoms with Crippen LogP contribution in [0.5, 0.6) is 0 Å². The maximum atomic E-state index is 12.8. The Balaban J connectivity index is 1.15. The van der Waals surface area contributed by atoms with Gasteiger partial charge in [0.2, 0.25) is 0 Å². The number of hydrogen-bond acceptors (Lipinski definition) is 3. The van der Waals surface area contributed by atoms with Gasteiger partial charge in [-0.15, -0.1) is 11.3 Å². The molecule has 1 aromatic heterocycles. The lowest BCUT2D eigenvalue weighted by Crippen LogP contribution is -2.60. The second-order valence-corrected chi connectivity index (χ2v) is 10.9. The van der Waals surface area contributed by atoms with Crippen molar-refractivity contribution in [2.24, 2.45) is 17.8 Å². The molecule has 4 aliphatic rings. The smallest absolute Gasteiger partial charge is 0.319 e. The highest BCUT2D eigenvalue weighted by Crippen LogP contribution is 2.55. The summed E-state index contributed by atoms with van der Waals surface area (Å²) in [6.07, 6.45) is 7.66. The third-order valence-corrected chi connectivity index (χ3v) is 8.42. The van der Waals surface area contributed by atoms with Crippen molar-refractivity contribution in [2.75, 3.05) is 5.32 Å². The first-order chi connectivity index (χ1) is 14.5. The summed E-state index contributed by atoms with van der Waals surface area (Å²) in [5.74, 6) is 2.48. The van der Waals surface area contributed by atoms with E-state index in [2.05, 4.69) is 35.8 Å². The maximum Gasteiger partial charge on any atom is 0.319 e. The Labute approximate surface area is 181 Å². The summed E-state index contributed by atoms with van der Waals surface area (Å²) in [5.41, 5.74) is 4.25. The van der Waals surface area contributed by atoms with E-state index in [0.29, 0.717) is 0 Å². The quantitative estimate of drug-likeness (QED) is 0.521. The molecule has 0 atom stereocenters. The normalized spacial score (nSPS) is 29.3. The van der Waals surface area contributed by atoms with E-state index in [4.69, 9.17) is 4.98 Å². The second kappa shape index (κ2) is 6.81. The lowest BCUT2D eigenvalue weighted by atomic mass is 9.53. The third kappa shape index (κ3) is 3.29. The molecule has 2 aromatic carbocycles. The number of nitrogens with one attached hydrogen (secondary N) is 2. The van der Waals surface area contributed by atoms with Gasteiger partial charge >= 0.3 is 6.03 Å². The van der Waals surface area contributed by atoms with Crippen LogP contribution < -0.4 is 10.6 Å². The molecule has 7 rings (SSSR count). The number of aryl methyl sites for hydroxylation is 1. The van der Waals surface area contributed by atoms with Gasteiger partial charge in [0.1, 0.15) is 5.01 Å². The molecule has 4 saturated carbocycles. The zero-order chi connectivity index (χ0) is 20.3. The number of urea groups is 1. The van der Waals surface area contributed by atoms with E-state index in [1.807, 2.05) is 24.3 Å². The minimum atomic E-state index is -0.0554. The highest BCUT2D eigenvalue weighted by molar-refractivity contribution is 7.21. The molecular formula is C25H27N3OS. The fourth-order valence-corrected chi connectivity index (χ4v) is 7.59. The minimum absolute atomic E-state index is 0.0396. The molecule has 5 heteroatoms. The lowest BCUT2D eigenvalue weighted by Gasteiger charge is -2.56. The maximum absolute atomic E-state index is 12.8. The first-order valence-corrected chi connectivity index (χ1v) is 11.9. The fourth-order valence-electron chi connectivity index (χ4n) is 6.52. The van der Waals surface area contributed by atoms with Crippen molar-refractivity contribution >= 4 is 33.3 Å². The van der Waals surface area contributed by atoms with E-state index in [1.165, 1.54) is 48.8 Å². The fraction of sp³-hybridized carbons (Fsp3) is 0.440. The van der Waals surface area contributed by atoms with Gasteiger partial charge in [0, 0.05) is 16.8 Å². The molecule has 1 heterocycles. The Bertz CT molecular complexity index is 1080. The van der Waals surface area contributed by atoms with Gasteiger partial charge in [0.15, 0.2) is 0 Å². The van der Waals surface area contributed by atoms with Crippen LogP contribution in [-0.2, 0) is 0 Å². The number of rotatable bonds is 3. The first-order valence-electron chi connectivity index (χ1n) is 11.1. The molecule has 0 spiro atoms. The summed E-state index contributed by atoms with van der Waals surface area (Å²) < 4.78 is 1.21. The van der Waals surface area contributed by atoms with Gasteiger partial charge in [-0.05, 0) is 105 Å². The molecule has 30 heavy (non-hydrogen) atoms. The Kier molecular flexibility index (Phi) is 4.17. The van der Waals surface area contributed by atoms with Crippen LogP contribution in [-0.4, -0.2) is 16.6 Å². The highest BCUT2D eigenvalue weighted by Gasteiger charge is 2.51. The van der Waals surface area contributed by atoms with E-state index in [1.54, 1.807) is 11.3 Å². The Hall–Kier alpha value is -2.40. The van der Waals surface area contributed by atoms with Gasteiger partial charge in [-0.25, -0.2) is 9.78 Å². The van der Waals surface area contributed by atoms with Crippen molar-refractivity contribution in [3.63, 3.8) is 0 Å². The summed E-state index contributed by atoms with van der Waals surface area (Å²) in [5, 5.41) is 7.46. The summed E-state index contributed by atoms with van der Waals surface area (Å²) in [7, 11) is 0. The molecular weight excluding hydrogens is 390 g/mol. The number of anilines is 1. The van der Waals surface area contributed by atoms with Crippen molar-refractivity contribution in [3.05, 3.63) is 48.0 Å². The highest BCUT2D eigenvalue weighted by atomic mass is 32.1. The van der Waals surface area contributed by atoms with Gasteiger partial charge in [0.25, 0.3) is 0 Å². The van der Waals surface area contributed by atoms with E-state index in [0.717, 1.165) is 39.5 Å². The van der Waals surface area contributed by atoms with E-state index >= 15 is 0 Å². The minimum Gasteiger partial charge on any atom is -0.332 e. The van der Waals surface area contributed by atoms with Crippen molar-refractivity contribution in [1.82, 2.24) is 10.3 Å². The average Bonchev–Trinajstić information content (AvgIpc) is 3.10. The van der Waals surface area contributed by atoms with Crippen LogP contribution in [0.3, 0.4) is 0 Å². The molecule has 4 fully saturated rings. The zero-order valence-corrected chi connectivity index (χ0v) is 18.1. The predicted molar refractivity (Wildman–Crippen MR) is 123 cm³/mol. The van der Waals surface area contributed by atoms with Crippen LogP contribution in [0.15, 0.2) is 42.5 Å². The number of nitrogens with zero attached hydrogens (tertiary/aromatic N) is 1. The number of carbonyl (C=O) groups excluding carboxylic acids is 1. The molecule has 154 valence electrons. The monoisotopic (exact) mass is 417 g/mol. The van der Waals surface area contributed by atoms with Crippen molar-refractivity contribution in [2.45, 2.75) is 51.0 Å². The average molecular weight is 418 g/mol. The molecule has 2 N–H and O–H groups in total. The second-order valence-electron chi connectivity index (χ2n) is 9.84. The molecule has 4 nitrogen and oxygen atoms in total. The molecule has 0 saturated heterocycles. The van der Waals surface area contributed by atoms with Crippen LogP contribution in [0.4, 0.5) is 10.5 Å². The SMILES string of the molecule is Cc1ccc2nc(-c3ccc(NC(=O)NC45CC6CC(CC(C6)C4)C5)cc3)sc2c1. The first kappa shape index (κ1) is 18.4. The molecule has 4 bridgehead atoms. The van der Waals surface area contributed by atoms with Crippen LogP contribution in [0, 0.1) is 24.7 Å². The number of thiazole rings is 1. The predicted octanol–water partition coefficient (Wildman–Crippen LogP) is 6.36. The van der Waals surface area contributed by atoms with Crippen LogP contribution in [0.25, 0.3) is 20.8 Å². The molecule has 0 aliphatic heterocycles. The molecule has 0 unspecified atom stereocenters. The number of hydrogen-bond donors (Lipinski definition) is 2. The standard InChI is InChI=1S/C25H27N3OS/c1-15-2-7-21-22(8-15)30-23(27-21)19-3-5-20(6-4-19)26-24(29)28-25-12-16-9-17(13-25)11-18(10-16)14-25/h2-8,16-18H,9-14H2,1H3,(H2,26,28,29). The van der Waals surface area contributed by atoms with E-state index < -0.39 is 0 Å². The molecule has 3 aromatic rings. The van der Waals surface area contributed by atoms with Crippen LogP contribution in [0.2, 0.25) is 0 Å². The van der Waals surface area contributed by atoms with E-state index in [9.17, 15) is 4.79 Å². The Morgan fingerprint density at radius 3 is 2.33 bits per heavy atom.